The average molecular weight is 1190 g/mol. The van der Waals surface area contributed by atoms with E-state index in [2.05, 4.69) is 43.1 Å². The molecular weight excluding hydrogens is 1090 g/mol. The van der Waals surface area contributed by atoms with Crippen LogP contribution in [0.2, 0.25) is 0 Å². The van der Waals surface area contributed by atoms with Gasteiger partial charge in [-0.05, 0) is 61.5 Å². The number of benzene rings is 1. The number of amides is 7. The van der Waals surface area contributed by atoms with Crippen molar-refractivity contribution in [2.45, 2.75) is 149 Å². The van der Waals surface area contributed by atoms with Gasteiger partial charge < -0.3 is 44.2 Å². The summed E-state index contributed by atoms with van der Waals surface area (Å²) < 4.78 is 12.5. The summed E-state index contributed by atoms with van der Waals surface area (Å²) in [6.07, 6.45) is 9.35. The Bertz CT molecular complexity index is 2270. The second-order valence-corrected chi connectivity index (χ2v) is 26.1. The number of nitrogens with one attached hydrogen (secondary N) is 1. The van der Waals surface area contributed by atoms with Gasteiger partial charge in [-0.15, -0.1) is 11.3 Å². The maximum Gasteiger partial charge on any atom is 0.245 e. The van der Waals surface area contributed by atoms with E-state index in [-0.39, 0.29) is 116 Å². The van der Waals surface area contributed by atoms with Crippen molar-refractivity contribution >= 4 is 88.0 Å². The van der Waals surface area contributed by atoms with Gasteiger partial charge in [-0.1, -0.05) is 97.4 Å². The molecule has 0 radical (unpaired) electrons. The predicted molar refractivity (Wildman–Crippen MR) is 326 cm³/mol. The standard InChI is InChI=1S/C59H94N8O9S4/c1-15-41(6)55(47(75-11)34-51(71)67-27-19-22-46(67)56(76-12)43(8)42(7)32-45(58-60-26-31-80-58)33-44-20-17-16-18-21-44)63(10)59(74)53(39(2)3)61-57(73)54(40(4)5)62(9)52(72)35-79-30-25-50(70)66-37-64(48(68)23-28-77-13)36-65(38-66)49(69)24-29-78-14/h16-18,20-21,26,31,39-41,43,45-47,53-56H,7,15,19,22-25,27-30,32-38H2,1-6,8-14H3,(H,61,73)/t41-,43-,45-,46-,47+,53-,54-,55-,56+/m0/s1. The number of nitrogens with zero attached hydrogens (tertiary/aromatic N) is 7. The minimum absolute atomic E-state index is 0.00395. The first-order valence-electron chi connectivity index (χ1n) is 28.3. The fraction of sp³-hybridized carbons (Fsp3) is 0.695. The SMILES string of the molecule is C=C(C[C@@H](Cc1ccccc1)c1nccs1)[C@H](C)[C@@H](OC)[C@@H]1CCCN1C(=O)C[C@@H](OC)[C@H]([C@@H](C)CC)N(C)C(=O)[C@@H](NC(=O)[C@H](C(C)C)N(C)C(=O)CSCCC(=O)N1CN(C(=O)CCSC)CN(C(=O)CCSC)C1)C(C)C. The number of likely N-dealkylation sites (tertiary alicyclic amines) is 1. The molecule has 4 rings (SSSR count). The Labute approximate surface area is 495 Å². The number of rotatable bonds is 33. The summed E-state index contributed by atoms with van der Waals surface area (Å²) in [6, 6.07) is 7.86. The van der Waals surface area contributed by atoms with Crippen molar-refractivity contribution in [3.63, 3.8) is 0 Å². The fourth-order valence-electron chi connectivity index (χ4n) is 11.0. The molecule has 1 aromatic carbocycles. The first-order chi connectivity index (χ1) is 38.1. The van der Waals surface area contributed by atoms with E-state index in [4.69, 9.17) is 14.5 Å². The molecule has 2 fully saturated rings. The largest absolute Gasteiger partial charge is 0.379 e. The zero-order valence-electron chi connectivity index (χ0n) is 50.1. The zero-order valence-corrected chi connectivity index (χ0v) is 53.3. The van der Waals surface area contributed by atoms with Gasteiger partial charge in [-0.3, -0.25) is 33.6 Å². The molecule has 3 heterocycles. The maximum absolute atomic E-state index is 14.8. The van der Waals surface area contributed by atoms with E-state index < -0.39 is 30.1 Å². The van der Waals surface area contributed by atoms with Crippen molar-refractivity contribution in [2.75, 3.05) is 90.4 Å². The molecule has 448 valence electrons. The van der Waals surface area contributed by atoms with Gasteiger partial charge in [0, 0.05) is 94.8 Å². The minimum Gasteiger partial charge on any atom is -0.379 e. The molecule has 0 spiro atoms. The van der Waals surface area contributed by atoms with E-state index in [1.165, 1.54) is 27.1 Å². The van der Waals surface area contributed by atoms with Crippen LogP contribution in [0.3, 0.4) is 0 Å². The van der Waals surface area contributed by atoms with Crippen LogP contribution < -0.4 is 5.32 Å². The summed E-state index contributed by atoms with van der Waals surface area (Å²) in [5.41, 5.74) is 2.29. The lowest BCUT2D eigenvalue weighted by molar-refractivity contribution is -0.158. The Morgan fingerprint density at radius 3 is 1.89 bits per heavy atom. The van der Waals surface area contributed by atoms with Gasteiger partial charge in [0.15, 0.2) is 0 Å². The third-order valence-corrected chi connectivity index (χ3v) is 19.0. The summed E-state index contributed by atoms with van der Waals surface area (Å²) in [5, 5.41) is 6.11. The number of hydrogen-bond donors (Lipinski definition) is 1. The van der Waals surface area contributed by atoms with E-state index in [9.17, 15) is 33.6 Å². The van der Waals surface area contributed by atoms with Crippen LogP contribution in [0.25, 0.3) is 0 Å². The normalized spacial score (nSPS) is 17.8. The van der Waals surface area contributed by atoms with Crippen LogP contribution in [0.15, 0.2) is 54.1 Å². The fourth-order valence-corrected chi connectivity index (χ4v) is 13.4. The molecule has 17 nitrogen and oxygen atoms in total. The summed E-state index contributed by atoms with van der Waals surface area (Å²) in [5.74, 6) is -0.702. The molecule has 2 aromatic rings. The van der Waals surface area contributed by atoms with Crippen LogP contribution in [0.4, 0.5) is 0 Å². The Kier molecular flexibility index (Phi) is 29.4. The van der Waals surface area contributed by atoms with Gasteiger partial charge in [-0.25, -0.2) is 4.98 Å². The quantitative estimate of drug-likeness (QED) is 0.0538. The van der Waals surface area contributed by atoms with Crippen LogP contribution in [0.5, 0.6) is 0 Å². The number of thiazole rings is 1. The second kappa shape index (κ2) is 34.5. The number of hydrogen-bond acceptors (Lipinski definition) is 14. The number of carbonyl (C=O) groups is 7. The molecule has 1 aromatic heterocycles. The van der Waals surface area contributed by atoms with E-state index in [1.54, 1.807) is 77.9 Å². The van der Waals surface area contributed by atoms with E-state index in [0.717, 1.165) is 36.3 Å². The molecule has 0 bridgehead atoms. The van der Waals surface area contributed by atoms with Crippen molar-refractivity contribution in [2.24, 2.45) is 23.7 Å². The van der Waals surface area contributed by atoms with Gasteiger partial charge in [-0.2, -0.15) is 35.3 Å². The number of aromatic nitrogens is 1. The highest BCUT2D eigenvalue weighted by Crippen LogP contribution is 2.36. The van der Waals surface area contributed by atoms with E-state index in [1.807, 2.05) is 76.6 Å². The van der Waals surface area contributed by atoms with Crippen LogP contribution >= 0.6 is 46.6 Å². The Hall–Kier alpha value is -4.15. The lowest BCUT2D eigenvalue weighted by atomic mass is 9.83. The monoisotopic (exact) mass is 1190 g/mol. The van der Waals surface area contributed by atoms with Crippen molar-refractivity contribution in [3.05, 3.63) is 64.6 Å². The smallest absolute Gasteiger partial charge is 0.245 e. The number of likely N-dealkylation sites (N-methyl/N-ethyl adjacent to an activating group) is 2. The number of methoxy groups -OCH3 is 2. The molecule has 9 atom stereocenters. The summed E-state index contributed by atoms with van der Waals surface area (Å²) in [4.78, 5) is 112. The van der Waals surface area contributed by atoms with Gasteiger partial charge >= 0.3 is 0 Å². The highest BCUT2D eigenvalue weighted by Gasteiger charge is 2.43. The van der Waals surface area contributed by atoms with Crippen molar-refractivity contribution in [1.82, 2.24) is 39.7 Å². The third-order valence-electron chi connectivity index (χ3n) is 15.9. The average Bonchev–Trinajstić information content (AvgIpc) is 4.18. The zero-order chi connectivity index (χ0) is 59.2. The molecule has 2 aliphatic rings. The van der Waals surface area contributed by atoms with Gasteiger partial charge in [0.2, 0.25) is 41.4 Å². The molecule has 2 saturated heterocycles. The van der Waals surface area contributed by atoms with Crippen molar-refractivity contribution < 1.29 is 43.0 Å². The first kappa shape index (κ1) is 68.3. The second-order valence-electron chi connectivity index (χ2n) is 22.1. The molecule has 7 amide bonds. The molecule has 1 N–H and O–H groups in total. The maximum atomic E-state index is 14.8. The van der Waals surface area contributed by atoms with Crippen LogP contribution in [0.1, 0.15) is 116 Å². The summed E-state index contributed by atoms with van der Waals surface area (Å²) in [7, 11) is 6.59. The lowest BCUT2D eigenvalue weighted by Gasteiger charge is -2.42. The van der Waals surface area contributed by atoms with Crippen molar-refractivity contribution in [3.8, 4) is 0 Å². The third kappa shape index (κ3) is 19.5. The molecule has 0 aliphatic carbocycles. The summed E-state index contributed by atoms with van der Waals surface area (Å²) in [6.45, 7) is 19.2. The Balaban J connectivity index is 1.40. The molecule has 2 aliphatic heterocycles. The molecular formula is C59H94N8O9S4. The highest BCUT2D eigenvalue weighted by molar-refractivity contribution is 8.00. The van der Waals surface area contributed by atoms with Gasteiger partial charge in [0.1, 0.15) is 12.1 Å². The number of carbonyl (C=O) groups excluding carboxylic acids is 7. The number of thioether (sulfide) groups is 3. The summed E-state index contributed by atoms with van der Waals surface area (Å²) >= 11 is 6.04. The Morgan fingerprint density at radius 2 is 1.39 bits per heavy atom. The molecule has 0 unspecified atom stereocenters. The molecule has 0 saturated carbocycles. The lowest BCUT2D eigenvalue weighted by Crippen LogP contribution is -2.60. The van der Waals surface area contributed by atoms with Crippen molar-refractivity contribution in [1.29, 1.82) is 0 Å². The Morgan fingerprint density at radius 1 is 0.800 bits per heavy atom. The number of ether oxygens (including phenoxy) is 2. The minimum atomic E-state index is -0.955. The molecule has 80 heavy (non-hydrogen) atoms. The van der Waals surface area contributed by atoms with Crippen LogP contribution in [-0.4, -0.2) is 202 Å². The molecule has 21 heteroatoms. The van der Waals surface area contributed by atoms with E-state index in [0.29, 0.717) is 43.1 Å². The van der Waals surface area contributed by atoms with E-state index >= 15 is 0 Å². The topological polar surface area (TPSA) is 182 Å². The highest BCUT2D eigenvalue weighted by atomic mass is 32.2. The van der Waals surface area contributed by atoms with Gasteiger partial charge in [0.05, 0.1) is 61.5 Å². The van der Waals surface area contributed by atoms with Crippen LogP contribution in [0, 0.1) is 23.7 Å². The van der Waals surface area contributed by atoms with Gasteiger partial charge in [0.25, 0.3) is 0 Å². The first-order valence-corrected chi connectivity index (χ1v) is 33.1. The predicted octanol–water partition coefficient (Wildman–Crippen LogP) is 7.96. The van der Waals surface area contributed by atoms with Crippen LogP contribution in [-0.2, 0) is 49.5 Å².